The number of anilines is 1. The van der Waals surface area contributed by atoms with Crippen molar-refractivity contribution in [2.45, 2.75) is 50.5 Å². The van der Waals surface area contributed by atoms with Crippen LogP contribution in [0.15, 0.2) is 17.1 Å². The molecule has 0 amide bonds. The van der Waals surface area contributed by atoms with Crippen molar-refractivity contribution in [3.63, 3.8) is 0 Å². The number of hydrogen-bond donors (Lipinski definition) is 6. The van der Waals surface area contributed by atoms with Crippen LogP contribution in [0.2, 0.25) is 0 Å². The number of aliphatic hydroxyl groups is 1. The van der Waals surface area contributed by atoms with Crippen molar-refractivity contribution in [1.29, 1.82) is 0 Å². The van der Waals surface area contributed by atoms with E-state index in [0.717, 1.165) is 17.4 Å². The first kappa shape index (κ1) is 30.2. The summed E-state index contributed by atoms with van der Waals surface area (Å²) in [5, 5.41) is 10.1. The van der Waals surface area contributed by atoms with Crippen LogP contribution in [0.1, 0.15) is 38.3 Å². The molecule has 202 valence electrons. The number of nitrogens with zero attached hydrogens (tertiary/aromatic N) is 2. The Morgan fingerprint density at radius 3 is 2.31 bits per heavy atom. The molecule has 2 rings (SSSR count). The number of unbranched alkanes of at least 4 members (excludes halogenated alkanes) is 3. The van der Waals surface area contributed by atoms with Crippen molar-refractivity contribution in [2.75, 3.05) is 25.5 Å². The summed E-state index contributed by atoms with van der Waals surface area (Å²) in [4.78, 5) is 44.2. The number of phosphoric acid groups is 3. The number of ether oxygens (including phenoxy) is 1. The number of hydrogen-bond acceptors (Lipinski definition) is 13. The van der Waals surface area contributed by atoms with Gasteiger partial charge in [0.2, 0.25) is 0 Å². The van der Waals surface area contributed by atoms with Crippen LogP contribution in [0.4, 0.5) is 5.82 Å². The minimum Gasteiger partial charge on any atom is -0.390 e. The van der Waals surface area contributed by atoms with E-state index in [1.165, 1.54) is 12.3 Å². The summed E-state index contributed by atoms with van der Waals surface area (Å²) in [6.45, 7) is -0.627. The second-order valence-corrected chi connectivity index (χ2v) is 12.0. The molecule has 20 heteroatoms. The summed E-state index contributed by atoms with van der Waals surface area (Å²) >= 11 is 0. The molecule has 1 fully saturated rings. The average Bonchev–Trinajstić information content (AvgIpc) is 3.07. The molecule has 0 radical (unpaired) electrons. The third-order valence-corrected chi connectivity index (χ3v) is 8.82. The highest BCUT2D eigenvalue weighted by atomic mass is 31.3. The molecule has 1 saturated heterocycles. The zero-order valence-corrected chi connectivity index (χ0v) is 21.1. The van der Waals surface area contributed by atoms with Crippen molar-refractivity contribution < 1.29 is 55.9 Å². The van der Waals surface area contributed by atoms with Crippen LogP contribution in [-0.2, 0) is 36.1 Å². The lowest BCUT2D eigenvalue weighted by Gasteiger charge is -2.20. The molecule has 0 spiro atoms. The molecular formula is C15H29N4O13P3. The normalized spacial score (nSPS) is 25.6. The van der Waals surface area contributed by atoms with Crippen LogP contribution in [0, 0.1) is 0 Å². The summed E-state index contributed by atoms with van der Waals surface area (Å²) in [6, 6.07) is 1.32. The van der Waals surface area contributed by atoms with Gasteiger partial charge in [0.25, 0.3) is 0 Å². The molecule has 1 aromatic heterocycles. The van der Waals surface area contributed by atoms with Gasteiger partial charge in [-0.25, -0.2) is 18.5 Å². The first-order valence-corrected chi connectivity index (χ1v) is 14.8. The minimum atomic E-state index is -5.61. The smallest absolute Gasteiger partial charge is 0.390 e. The largest absolute Gasteiger partial charge is 0.490 e. The van der Waals surface area contributed by atoms with Gasteiger partial charge in [-0.3, -0.25) is 13.6 Å². The van der Waals surface area contributed by atoms with Crippen LogP contribution in [0.25, 0.3) is 0 Å². The van der Waals surface area contributed by atoms with Crippen molar-refractivity contribution in [2.24, 2.45) is 5.73 Å². The average molecular weight is 566 g/mol. The molecule has 0 aromatic carbocycles. The molecule has 0 saturated carbocycles. The number of aliphatic hydroxyl groups excluding tert-OH is 1. The lowest BCUT2D eigenvalue weighted by atomic mass is 10.2. The van der Waals surface area contributed by atoms with Crippen LogP contribution >= 0.6 is 23.5 Å². The van der Waals surface area contributed by atoms with E-state index in [1.54, 1.807) is 0 Å². The molecule has 1 aromatic rings. The van der Waals surface area contributed by atoms with Gasteiger partial charge in [-0.2, -0.15) is 13.6 Å². The predicted molar refractivity (Wildman–Crippen MR) is 119 cm³/mol. The van der Waals surface area contributed by atoms with E-state index in [2.05, 4.69) is 22.7 Å². The lowest BCUT2D eigenvalue weighted by molar-refractivity contribution is -0.0449. The molecule has 1 aliphatic heterocycles. The van der Waals surface area contributed by atoms with E-state index in [0.29, 0.717) is 19.4 Å². The summed E-state index contributed by atoms with van der Waals surface area (Å²) in [6.07, 6.45) is 0.0828. The van der Waals surface area contributed by atoms with Crippen molar-refractivity contribution in [3.05, 3.63) is 22.7 Å². The van der Waals surface area contributed by atoms with Gasteiger partial charge >= 0.3 is 29.2 Å². The van der Waals surface area contributed by atoms with Crippen LogP contribution in [0.3, 0.4) is 0 Å². The molecular weight excluding hydrogens is 537 g/mol. The highest BCUT2D eigenvalue weighted by molar-refractivity contribution is 7.66. The second kappa shape index (κ2) is 13.0. The number of nitrogen functional groups attached to an aromatic ring is 1. The Balaban J connectivity index is 1.85. The second-order valence-electron chi connectivity index (χ2n) is 7.38. The number of aromatic nitrogens is 2. The Labute approximate surface area is 199 Å². The summed E-state index contributed by atoms with van der Waals surface area (Å²) in [5.74, 6) is -0.0287. The Morgan fingerprint density at radius 1 is 1.06 bits per heavy atom. The molecule has 17 nitrogen and oxygen atoms in total. The zero-order chi connectivity index (χ0) is 26.3. The van der Waals surface area contributed by atoms with Gasteiger partial charge in [-0.05, 0) is 25.5 Å². The fourth-order valence-electron chi connectivity index (χ4n) is 2.95. The molecule has 0 aliphatic carbocycles. The summed E-state index contributed by atoms with van der Waals surface area (Å²) in [7, 11) is -16.1. The maximum absolute atomic E-state index is 12.0. The van der Waals surface area contributed by atoms with Gasteiger partial charge in [0.1, 0.15) is 18.1 Å². The van der Waals surface area contributed by atoms with E-state index < -0.39 is 54.2 Å². The third-order valence-electron chi connectivity index (χ3n) is 4.53. The third kappa shape index (κ3) is 10.5. The van der Waals surface area contributed by atoms with Gasteiger partial charge < -0.3 is 36.0 Å². The first-order chi connectivity index (χ1) is 16.2. The van der Waals surface area contributed by atoms with E-state index in [-0.39, 0.29) is 18.8 Å². The Hall–Kier alpha value is -1.03. The topological polar surface area (TPSA) is 265 Å². The standard InChI is InChI=1S/C15H29N4O13P3/c16-6-3-1-2-4-8-28-33(22,23)31-35(26,27)32-34(24,25)29-10-12-11(20)9-14(30-12)19-7-5-13(17)18-15(19)21/h5,7,11-12,14,20H,1-4,6,8-10,16H2,(H,22,23)(H,24,25)(H,26,27)(H2,17,18,21)/t11-,12+,14+/m0/s1. The number of rotatable bonds is 15. The number of nitrogens with two attached hydrogens (primary N) is 2. The molecule has 6 atom stereocenters. The molecule has 8 N–H and O–H groups in total. The fraction of sp³-hybridized carbons (Fsp3) is 0.733. The Morgan fingerprint density at radius 2 is 1.69 bits per heavy atom. The van der Waals surface area contributed by atoms with E-state index in [9.17, 15) is 38.3 Å². The Bertz CT molecular complexity index is 1040. The van der Waals surface area contributed by atoms with Gasteiger partial charge in [0.05, 0.1) is 19.3 Å². The van der Waals surface area contributed by atoms with Crippen LogP contribution in [-0.4, -0.2) is 61.3 Å². The van der Waals surface area contributed by atoms with E-state index in [4.69, 9.17) is 16.2 Å². The van der Waals surface area contributed by atoms with Gasteiger partial charge in [-0.15, -0.1) is 0 Å². The first-order valence-electron chi connectivity index (χ1n) is 10.3. The van der Waals surface area contributed by atoms with E-state index in [1.807, 2.05) is 0 Å². The fourth-order valence-corrected chi connectivity index (χ4v) is 6.50. The Kier molecular flexibility index (Phi) is 11.2. The van der Waals surface area contributed by atoms with Crippen molar-refractivity contribution in [1.82, 2.24) is 9.55 Å². The van der Waals surface area contributed by atoms with E-state index >= 15 is 0 Å². The summed E-state index contributed by atoms with van der Waals surface area (Å²) < 4.78 is 59.3. The van der Waals surface area contributed by atoms with Crippen LogP contribution in [0.5, 0.6) is 0 Å². The van der Waals surface area contributed by atoms with Crippen molar-refractivity contribution >= 4 is 29.3 Å². The van der Waals surface area contributed by atoms with Gasteiger partial charge in [0.15, 0.2) is 0 Å². The summed E-state index contributed by atoms with van der Waals surface area (Å²) in [5.41, 5.74) is 9.98. The lowest BCUT2D eigenvalue weighted by Crippen LogP contribution is -2.28. The maximum Gasteiger partial charge on any atom is 0.490 e. The maximum atomic E-state index is 12.0. The molecule has 2 heterocycles. The SMILES string of the molecule is NCCCCCCOP(=O)(O)OP(=O)(O)OP(=O)(O)OC[C@H]1O[C@@H](n2ccc(N)nc2=O)C[C@@H]1O. The quantitative estimate of drug-likeness (QED) is 0.124. The van der Waals surface area contributed by atoms with Gasteiger partial charge in [0, 0.05) is 12.6 Å². The highest BCUT2D eigenvalue weighted by Crippen LogP contribution is 2.67. The van der Waals surface area contributed by atoms with Crippen LogP contribution < -0.4 is 17.2 Å². The van der Waals surface area contributed by atoms with Gasteiger partial charge in [-0.1, -0.05) is 12.8 Å². The molecule has 0 bridgehead atoms. The zero-order valence-electron chi connectivity index (χ0n) is 18.4. The predicted octanol–water partition coefficient (Wildman–Crippen LogP) is 0.361. The van der Waals surface area contributed by atoms with Crippen molar-refractivity contribution in [3.8, 4) is 0 Å². The molecule has 1 aliphatic rings. The highest BCUT2D eigenvalue weighted by Gasteiger charge is 2.43. The minimum absolute atomic E-state index is 0.0287. The monoisotopic (exact) mass is 566 g/mol. The molecule has 35 heavy (non-hydrogen) atoms. The molecule has 3 unspecified atom stereocenters. The number of phosphoric ester groups is 2.